The number of fused-ring (bicyclic) bond motifs is 1. The number of sulfone groups is 1. The molecule has 2 aliphatic heterocycles. The normalized spacial score (nSPS) is 26.7. The second kappa shape index (κ2) is 6.96. The van der Waals surface area contributed by atoms with Crippen LogP contribution in [0.15, 0.2) is 24.3 Å². The van der Waals surface area contributed by atoms with Crippen LogP contribution in [0.4, 0.5) is 0 Å². The van der Waals surface area contributed by atoms with Crippen LogP contribution >= 0.6 is 0 Å². The van der Waals surface area contributed by atoms with Crippen LogP contribution in [0.1, 0.15) is 18.0 Å². The van der Waals surface area contributed by atoms with Gasteiger partial charge >= 0.3 is 0 Å². The van der Waals surface area contributed by atoms with Gasteiger partial charge in [-0.3, -0.25) is 9.69 Å². The van der Waals surface area contributed by atoms with E-state index >= 15 is 0 Å². The van der Waals surface area contributed by atoms with Crippen molar-refractivity contribution in [3.05, 3.63) is 29.8 Å². The number of rotatable bonds is 5. The number of hydrogen-bond acceptors (Lipinski definition) is 5. The van der Waals surface area contributed by atoms with Crippen LogP contribution < -0.4 is 4.74 Å². The minimum atomic E-state index is -3.10. The molecule has 2 saturated heterocycles. The third-order valence-electron chi connectivity index (χ3n) is 5.39. The molecule has 2 aliphatic rings. The molecule has 0 bridgehead atoms. The van der Waals surface area contributed by atoms with E-state index in [9.17, 15) is 13.2 Å². The van der Waals surface area contributed by atoms with Gasteiger partial charge in [-0.1, -0.05) is 12.1 Å². The van der Waals surface area contributed by atoms with Gasteiger partial charge in [-0.2, -0.15) is 0 Å². The Morgan fingerprint density at radius 3 is 2.48 bits per heavy atom. The topological polar surface area (TPSA) is 66.9 Å². The third-order valence-corrected chi connectivity index (χ3v) is 6.34. The van der Waals surface area contributed by atoms with E-state index < -0.39 is 9.84 Å². The van der Waals surface area contributed by atoms with Gasteiger partial charge in [-0.05, 0) is 30.7 Å². The van der Waals surface area contributed by atoms with Crippen LogP contribution in [-0.4, -0.2) is 69.9 Å². The van der Waals surface area contributed by atoms with Gasteiger partial charge in [0.05, 0.1) is 12.9 Å². The number of nitrogens with zero attached hydrogens (tertiary/aromatic N) is 2. The Balaban J connectivity index is 1.69. The lowest BCUT2D eigenvalue weighted by Crippen LogP contribution is -2.34. The van der Waals surface area contributed by atoms with Gasteiger partial charge in [-0.25, -0.2) is 8.42 Å². The van der Waals surface area contributed by atoms with E-state index in [1.807, 2.05) is 17.0 Å². The number of carbonyl (C=O) groups is 1. The van der Waals surface area contributed by atoms with Crippen LogP contribution in [0.2, 0.25) is 0 Å². The van der Waals surface area contributed by atoms with Gasteiger partial charge in [-0.15, -0.1) is 0 Å². The number of carbonyl (C=O) groups excluding carboxylic acids is 1. The number of hydrogen-bond donors (Lipinski definition) is 0. The minimum absolute atomic E-state index is 0.0454. The molecule has 0 N–H and O–H groups in total. The van der Waals surface area contributed by atoms with Gasteiger partial charge in [0.1, 0.15) is 15.6 Å². The summed E-state index contributed by atoms with van der Waals surface area (Å²) in [5.74, 6) is 1.56. The Morgan fingerprint density at radius 1 is 1.20 bits per heavy atom. The maximum atomic E-state index is 12.4. The molecule has 2 heterocycles. The second-order valence-corrected chi connectivity index (χ2v) is 9.52. The van der Waals surface area contributed by atoms with Gasteiger partial charge in [0, 0.05) is 44.3 Å². The van der Waals surface area contributed by atoms with Gasteiger partial charge < -0.3 is 9.64 Å². The highest BCUT2D eigenvalue weighted by molar-refractivity contribution is 7.90. The summed E-state index contributed by atoms with van der Waals surface area (Å²) < 4.78 is 27.8. The van der Waals surface area contributed by atoms with Crippen molar-refractivity contribution in [2.75, 3.05) is 45.8 Å². The van der Waals surface area contributed by atoms with Crippen LogP contribution in [0.3, 0.4) is 0 Å². The minimum Gasteiger partial charge on any atom is -0.497 e. The first kappa shape index (κ1) is 18.2. The Labute approximate surface area is 149 Å². The SMILES string of the molecule is COc1ccc([C@H]2[C@@H]3CN(C(=O)CCS(C)(=O)=O)C[C@@H]3CN2C)cc1. The maximum Gasteiger partial charge on any atom is 0.223 e. The molecule has 0 unspecified atom stereocenters. The molecule has 2 fully saturated rings. The third kappa shape index (κ3) is 3.98. The van der Waals surface area contributed by atoms with Crippen molar-refractivity contribution < 1.29 is 17.9 Å². The van der Waals surface area contributed by atoms with Crippen molar-refractivity contribution in [1.82, 2.24) is 9.80 Å². The van der Waals surface area contributed by atoms with Crippen LogP contribution in [0.5, 0.6) is 5.75 Å². The fourth-order valence-electron chi connectivity index (χ4n) is 4.19. The smallest absolute Gasteiger partial charge is 0.223 e. The highest BCUT2D eigenvalue weighted by Gasteiger charge is 2.47. The van der Waals surface area contributed by atoms with Crippen molar-refractivity contribution in [3.8, 4) is 5.75 Å². The maximum absolute atomic E-state index is 12.4. The quantitative estimate of drug-likeness (QED) is 0.783. The van der Waals surface area contributed by atoms with Crippen LogP contribution in [0, 0.1) is 11.8 Å². The van der Waals surface area contributed by atoms with Crippen molar-refractivity contribution in [3.63, 3.8) is 0 Å². The van der Waals surface area contributed by atoms with Crippen LogP contribution in [-0.2, 0) is 14.6 Å². The predicted octanol–water partition coefficient (Wildman–Crippen LogP) is 1.19. The van der Waals surface area contributed by atoms with E-state index in [1.165, 1.54) is 11.8 Å². The van der Waals surface area contributed by atoms with Crippen molar-refractivity contribution >= 4 is 15.7 Å². The largest absolute Gasteiger partial charge is 0.497 e. The summed E-state index contributed by atoms with van der Waals surface area (Å²) in [7, 11) is 0.680. The van der Waals surface area contributed by atoms with Gasteiger partial charge in [0.25, 0.3) is 0 Å². The first-order chi connectivity index (χ1) is 11.8. The van der Waals surface area contributed by atoms with Crippen molar-refractivity contribution in [2.24, 2.45) is 11.8 Å². The Kier molecular flexibility index (Phi) is 5.06. The first-order valence-electron chi connectivity index (χ1n) is 8.58. The lowest BCUT2D eigenvalue weighted by Gasteiger charge is -2.27. The fraction of sp³-hybridized carbons (Fsp3) is 0.611. The molecule has 3 atom stereocenters. The summed E-state index contributed by atoms with van der Waals surface area (Å²) in [5, 5.41) is 0. The van der Waals surface area contributed by atoms with Crippen LogP contribution in [0.25, 0.3) is 0 Å². The average molecular weight is 366 g/mol. The molecule has 1 amide bonds. The molecule has 0 aromatic heterocycles. The summed E-state index contributed by atoms with van der Waals surface area (Å²) in [5.41, 5.74) is 1.24. The molecule has 6 nitrogen and oxygen atoms in total. The molecule has 0 spiro atoms. The number of amides is 1. The Bertz CT molecular complexity index is 732. The summed E-state index contributed by atoms with van der Waals surface area (Å²) in [6, 6.07) is 8.41. The summed E-state index contributed by atoms with van der Waals surface area (Å²) in [4.78, 5) is 16.6. The first-order valence-corrected chi connectivity index (χ1v) is 10.6. The fourth-order valence-corrected chi connectivity index (χ4v) is 4.74. The van der Waals surface area contributed by atoms with Gasteiger partial charge in [0.15, 0.2) is 0 Å². The Hall–Kier alpha value is -1.60. The summed E-state index contributed by atoms with van der Waals surface area (Å²) in [6.07, 6.45) is 1.26. The monoisotopic (exact) mass is 366 g/mol. The molecule has 3 rings (SSSR count). The second-order valence-electron chi connectivity index (χ2n) is 7.26. The summed E-state index contributed by atoms with van der Waals surface area (Å²) >= 11 is 0. The zero-order valence-corrected chi connectivity index (χ0v) is 15.8. The molecule has 7 heteroatoms. The lowest BCUT2D eigenvalue weighted by molar-refractivity contribution is -0.130. The molecule has 1 aromatic rings. The number of benzene rings is 1. The van der Waals surface area contributed by atoms with E-state index in [0.717, 1.165) is 18.8 Å². The number of methoxy groups -OCH3 is 1. The van der Waals surface area contributed by atoms with E-state index in [1.54, 1.807) is 7.11 Å². The van der Waals surface area contributed by atoms with Crippen molar-refractivity contribution in [2.45, 2.75) is 12.5 Å². The lowest BCUT2D eigenvalue weighted by atomic mass is 9.89. The van der Waals surface area contributed by atoms with E-state index in [2.05, 4.69) is 24.1 Å². The Morgan fingerprint density at radius 2 is 1.88 bits per heavy atom. The molecule has 138 valence electrons. The highest BCUT2D eigenvalue weighted by Crippen LogP contribution is 2.44. The molecule has 1 aromatic carbocycles. The predicted molar refractivity (Wildman–Crippen MR) is 96.3 cm³/mol. The molecular formula is C18H26N2O4S. The van der Waals surface area contributed by atoms with Crippen molar-refractivity contribution in [1.29, 1.82) is 0 Å². The standard InChI is InChI=1S/C18H26N2O4S/c1-19-10-14-11-20(17(21)8-9-25(3,22)23)12-16(14)18(19)13-4-6-15(24-2)7-5-13/h4-7,14,16,18H,8-12H2,1-3H3/t14-,16+,18-/m0/s1. The summed E-state index contributed by atoms with van der Waals surface area (Å²) in [6.45, 7) is 2.38. The van der Waals surface area contributed by atoms with E-state index in [0.29, 0.717) is 18.4 Å². The van der Waals surface area contributed by atoms with E-state index in [-0.39, 0.29) is 24.1 Å². The molecular weight excluding hydrogens is 340 g/mol. The average Bonchev–Trinajstić information content (AvgIpc) is 3.08. The highest BCUT2D eigenvalue weighted by atomic mass is 32.2. The molecule has 0 radical (unpaired) electrons. The van der Waals surface area contributed by atoms with Gasteiger partial charge in [0.2, 0.25) is 5.91 Å². The van der Waals surface area contributed by atoms with E-state index in [4.69, 9.17) is 4.74 Å². The zero-order chi connectivity index (χ0) is 18.2. The number of ether oxygens (including phenoxy) is 1. The molecule has 0 saturated carbocycles. The number of likely N-dealkylation sites (tertiary alicyclic amines) is 2. The zero-order valence-electron chi connectivity index (χ0n) is 15.0. The molecule has 25 heavy (non-hydrogen) atoms. The molecule has 0 aliphatic carbocycles.